The lowest BCUT2D eigenvalue weighted by molar-refractivity contribution is 0.00373. The summed E-state index contributed by atoms with van der Waals surface area (Å²) in [7, 11) is -3.00. The number of benzene rings is 1. The smallest absolute Gasteiger partial charge is 0.150 e. The highest BCUT2D eigenvalue weighted by Gasteiger charge is 2.42. The molecule has 1 heterocycles. The summed E-state index contributed by atoms with van der Waals surface area (Å²) in [6, 6.07) is 7.40. The molecule has 2 unspecified atom stereocenters. The van der Waals surface area contributed by atoms with Gasteiger partial charge in [0.15, 0.2) is 9.84 Å². The zero-order chi connectivity index (χ0) is 13.4. The van der Waals surface area contributed by atoms with E-state index in [4.69, 9.17) is 5.73 Å². The van der Waals surface area contributed by atoms with E-state index in [0.717, 1.165) is 11.1 Å². The molecule has 0 spiro atoms. The van der Waals surface area contributed by atoms with Gasteiger partial charge in [-0.15, -0.1) is 0 Å². The van der Waals surface area contributed by atoms with Crippen molar-refractivity contribution in [2.75, 3.05) is 11.5 Å². The Kier molecular flexibility index (Phi) is 3.49. The van der Waals surface area contributed by atoms with Gasteiger partial charge in [0.05, 0.1) is 17.1 Å². The van der Waals surface area contributed by atoms with Gasteiger partial charge in [-0.05, 0) is 24.5 Å². The molecule has 2 rings (SSSR count). The topological polar surface area (TPSA) is 80.4 Å². The van der Waals surface area contributed by atoms with Crippen LogP contribution in [0.15, 0.2) is 24.3 Å². The first-order valence-corrected chi connectivity index (χ1v) is 7.90. The predicted molar refractivity (Wildman–Crippen MR) is 70.7 cm³/mol. The minimum absolute atomic E-state index is 0.0545. The van der Waals surface area contributed by atoms with Crippen LogP contribution >= 0.6 is 0 Å². The molecule has 1 saturated heterocycles. The third-order valence-electron chi connectivity index (χ3n) is 3.81. The minimum atomic E-state index is -3.00. The molecule has 1 aliphatic heterocycles. The Morgan fingerprint density at radius 2 is 2.11 bits per heavy atom. The third kappa shape index (κ3) is 2.43. The lowest BCUT2D eigenvalue weighted by Crippen LogP contribution is -2.34. The molecule has 0 aliphatic carbocycles. The molecule has 0 bridgehead atoms. The van der Waals surface area contributed by atoms with Gasteiger partial charge in [-0.2, -0.15) is 0 Å². The monoisotopic (exact) mass is 269 g/mol. The van der Waals surface area contributed by atoms with Gasteiger partial charge in [-0.3, -0.25) is 0 Å². The van der Waals surface area contributed by atoms with E-state index >= 15 is 0 Å². The van der Waals surface area contributed by atoms with Crippen molar-refractivity contribution in [3.05, 3.63) is 35.4 Å². The predicted octanol–water partition coefficient (Wildman–Crippen LogP) is 0.788. The van der Waals surface area contributed by atoms with Crippen LogP contribution in [-0.4, -0.2) is 25.0 Å². The van der Waals surface area contributed by atoms with Gasteiger partial charge in [0, 0.05) is 12.5 Å². The summed E-state index contributed by atoms with van der Waals surface area (Å²) in [5, 5.41) is 10.7. The van der Waals surface area contributed by atoms with Crippen LogP contribution in [0, 0.1) is 5.92 Å². The van der Waals surface area contributed by atoms with E-state index in [0.29, 0.717) is 13.0 Å². The quantitative estimate of drug-likeness (QED) is 0.850. The van der Waals surface area contributed by atoms with Crippen LogP contribution in [0.3, 0.4) is 0 Å². The molecular formula is C13H19NO3S. The maximum absolute atomic E-state index is 11.5. The molecule has 18 heavy (non-hydrogen) atoms. The van der Waals surface area contributed by atoms with Gasteiger partial charge in [0.2, 0.25) is 0 Å². The Balaban J connectivity index is 2.36. The van der Waals surface area contributed by atoms with Crippen LogP contribution in [0.25, 0.3) is 0 Å². The number of hydrogen-bond donors (Lipinski definition) is 2. The Hall–Kier alpha value is -0.910. The number of rotatable bonds is 3. The molecule has 4 nitrogen and oxygen atoms in total. The highest BCUT2D eigenvalue weighted by atomic mass is 32.2. The van der Waals surface area contributed by atoms with E-state index in [1.54, 1.807) is 6.92 Å². The Morgan fingerprint density at radius 3 is 2.67 bits per heavy atom. The Labute approximate surface area is 108 Å². The maximum Gasteiger partial charge on any atom is 0.150 e. The second-order valence-electron chi connectivity index (χ2n) is 5.11. The van der Waals surface area contributed by atoms with E-state index in [9.17, 15) is 13.5 Å². The SMILES string of the molecule is CC(O)(c1ccccc1CN)C1CCS(=O)(=O)C1. The molecule has 3 N–H and O–H groups in total. The Bertz CT molecular complexity index is 537. The van der Waals surface area contributed by atoms with Crippen molar-refractivity contribution >= 4 is 9.84 Å². The van der Waals surface area contributed by atoms with Gasteiger partial charge in [-0.1, -0.05) is 24.3 Å². The molecule has 1 aliphatic rings. The molecule has 5 heteroatoms. The molecule has 100 valence electrons. The second kappa shape index (κ2) is 4.64. The summed E-state index contributed by atoms with van der Waals surface area (Å²) in [4.78, 5) is 0. The number of hydrogen-bond acceptors (Lipinski definition) is 4. The molecule has 1 aromatic carbocycles. The maximum atomic E-state index is 11.5. The van der Waals surface area contributed by atoms with Crippen molar-refractivity contribution in [2.45, 2.75) is 25.5 Å². The number of aliphatic hydroxyl groups is 1. The highest BCUT2D eigenvalue weighted by Crippen LogP contribution is 2.37. The van der Waals surface area contributed by atoms with Gasteiger partial charge in [0.1, 0.15) is 0 Å². The first kappa shape index (κ1) is 13.5. The fourth-order valence-electron chi connectivity index (χ4n) is 2.65. The Morgan fingerprint density at radius 1 is 1.44 bits per heavy atom. The van der Waals surface area contributed by atoms with Crippen molar-refractivity contribution < 1.29 is 13.5 Å². The average molecular weight is 269 g/mol. The second-order valence-corrected chi connectivity index (χ2v) is 7.34. The number of nitrogens with two attached hydrogens (primary N) is 1. The van der Waals surface area contributed by atoms with Crippen LogP contribution in [0.5, 0.6) is 0 Å². The molecule has 1 fully saturated rings. The summed E-state index contributed by atoms with van der Waals surface area (Å²) < 4.78 is 23.1. The van der Waals surface area contributed by atoms with E-state index in [-0.39, 0.29) is 17.4 Å². The fourth-order valence-corrected chi connectivity index (χ4v) is 4.56. The van der Waals surface area contributed by atoms with Crippen LogP contribution in [0.4, 0.5) is 0 Å². The summed E-state index contributed by atoms with van der Waals surface area (Å²) in [6.07, 6.45) is 0.508. The highest BCUT2D eigenvalue weighted by molar-refractivity contribution is 7.91. The summed E-state index contributed by atoms with van der Waals surface area (Å²) in [5.41, 5.74) is 6.14. The normalized spacial score (nSPS) is 25.8. The molecule has 0 saturated carbocycles. The lowest BCUT2D eigenvalue weighted by atomic mass is 9.80. The average Bonchev–Trinajstić information content (AvgIpc) is 2.70. The van der Waals surface area contributed by atoms with Gasteiger partial charge in [-0.25, -0.2) is 8.42 Å². The van der Waals surface area contributed by atoms with Crippen LogP contribution < -0.4 is 5.73 Å². The van der Waals surface area contributed by atoms with Crippen LogP contribution in [0.1, 0.15) is 24.5 Å². The van der Waals surface area contributed by atoms with Gasteiger partial charge >= 0.3 is 0 Å². The molecule has 0 amide bonds. The first-order chi connectivity index (χ1) is 8.37. The van der Waals surface area contributed by atoms with Crippen molar-refractivity contribution in [3.8, 4) is 0 Å². The van der Waals surface area contributed by atoms with Crippen molar-refractivity contribution in [2.24, 2.45) is 11.7 Å². The summed E-state index contributed by atoms with van der Waals surface area (Å²) in [5.74, 6) is -0.0347. The third-order valence-corrected chi connectivity index (χ3v) is 5.58. The van der Waals surface area contributed by atoms with Crippen LogP contribution in [0.2, 0.25) is 0 Å². The van der Waals surface area contributed by atoms with Gasteiger partial charge < -0.3 is 10.8 Å². The summed E-state index contributed by atoms with van der Waals surface area (Å²) in [6.45, 7) is 2.03. The van der Waals surface area contributed by atoms with E-state index in [1.807, 2.05) is 24.3 Å². The molecule has 0 radical (unpaired) electrons. The van der Waals surface area contributed by atoms with E-state index in [2.05, 4.69) is 0 Å². The summed E-state index contributed by atoms with van der Waals surface area (Å²) >= 11 is 0. The number of sulfone groups is 1. The zero-order valence-electron chi connectivity index (χ0n) is 10.5. The molecular weight excluding hydrogens is 250 g/mol. The van der Waals surface area contributed by atoms with Crippen molar-refractivity contribution in [1.29, 1.82) is 0 Å². The van der Waals surface area contributed by atoms with Crippen LogP contribution in [-0.2, 0) is 22.0 Å². The van der Waals surface area contributed by atoms with Crippen molar-refractivity contribution in [1.82, 2.24) is 0 Å². The minimum Gasteiger partial charge on any atom is -0.385 e. The van der Waals surface area contributed by atoms with E-state index in [1.165, 1.54) is 0 Å². The fraction of sp³-hybridized carbons (Fsp3) is 0.538. The first-order valence-electron chi connectivity index (χ1n) is 6.08. The van der Waals surface area contributed by atoms with E-state index < -0.39 is 15.4 Å². The largest absolute Gasteiger partial charge is 0.385 e. The van der Waals surface area contributed by atoms with Crippen molar-refractivity contribution in [3.63, 3.8) is 0 Å². The lowest BCUT2D eigenvalue weighted by Gasteiger charge is -2.31. The molecule has 1 aromatic rings. The molecule has 2 atom stereocenters. The molecule has 0 aromatic heterocycles. The van der Waals surface area contributed by atoms with Gasteiger partial charge in [0.25, 0.3) is 0 Å². The standard InChI is InChI=1S/C13H19NO3S/c1-13(15,11-6-7-18(16,17)9-11)12-5-3-2-4-10(12)8-14/h2-5,11,15H,6-9,14H2,1H3. The zero-order valence-corrected chi connectivity index (χ0v) is 11.3.